The van der Waals surface area contributed by atoms with Crippen LogP contribution in [0.4, 0.5) is 19.3 Å². The van der Waals surface area contributed by atoms with Crippen molar-refractivity contribution in [2.75, 3.05) is 32.2 Å². The van der Waals surface area contributed by atoms with Gasteiger partial charge in [-0.25, -0.2) is 4.79 Å². The molecule has 0 radical (unpaired) electrons. The number of anilines is 1. The molecule has 0 unspecified atom stereocenters. The number of nitrogens with zero attached hydrogens (tertiary/aromatic N) is 1. The summed E-state index contributed by atoms with van der Waals surface area (Å²) < 4.78 is 39.5. The van der Waals surface area contributed by atoms with Gasteiger partial charge in [0, 0.05) is 31.4 Å². The van der Waals surface area contributed by atoms with Gasteiger partial charge in [0.25, 0.3) is 0 Å². The predicted molar refractivity (Wildman–Crippen MR) is 113 cm³/mol. The number of rotatable bonds is 8. The van der Waals surface area contributed by atoms with Crippen molar-refractivity contribution in [1.29, 1.82) is 0 Å². The van der Waals surface area contributed by atoms with E-state index < -0.39 is 6.61 Å². The van der Waals surface area contributed by atoms with Gasteiger partial charge in [-0.2, -0.15) is 8.78 Å². The van der Waals surface area contributed by atoms with Gasteiger partial charge >= 0.3 is 12.6 Å². The Balaban J connectivity index is 1.44. The van der Waals surface area contributed by atoms with Gasteiger partial charge in [-0.1, -0.05) is 6.07 Å². The Kier molecular flexibility index (Phi) is 7.75. The number of carbonyl (C=O) groups excluding carboxylic acids is 1. The van der Waals surface area contributed by atoms with E-state index in [2.05, 4.69) is 20.3 Å². The molecular formula is C22H27F2N3O4. The number of methoxy groups -OCH3 is 2. The van der Waals surface area contributed by atoms with Crippen molar-refractivity contribution in [2.24, 2.45) is 0 Å². The number of carbonyl (C=O) groups is 1. The fourth-order valence-corrected chi connectivity index (χ4v) is 3.51. The Morgan fingerprint density at radius 3 is 2.39 bits per heavy atom. The Morgan fingerprint density at radius 1 is 1.06 bits per heavy atom. The third-order valence-electron chi connectivity index (χ3n) is 5.16. The first-order chi connectivity index (χ1) is 15.0. The lowest BCUT2D eigenvalue weighted by atomic mass is 10.0. The number of hydrogen-bond acceptors (Lipinski definition) is 5. The molecule has 0 atom stereocenters. The van der Waals surface area contributed by atoms with Crippen LogP contribution in [0.5, 0.6) is 17.2 Å². The van der Waals surface area contributed by atoms with Crippen LogP contribution in [0.3, 0.4) is 0 Å². The molecule has 1 saturated heterocycles. The predicted octanol–water partition coefficient (Wildman–Crippen LogP) is 3.77. The van der Waals surface area contributed by atoms with E-state index >= 15 is 0 Å². The molecule has 9 heteroatoms. The molecule has 31 heavy (non-hydrogen) atoms. The molecule has 3 rings (SSSR count). The van der Waals surface area contributed by atoms with E-state index in [1.54, 1.807) is 19.2 Å². The standard InChI is InChI=1S/C22H27F2N3O4/c1-29-18-6-4-17(5-7-18)27-11-9-16(10-12-27)26-22(28)25-14-15-3-8-19(31-21(23)24)20(13-15)30-2/h3-8,13,16,21H,9-12,14H2,1-2H3,(H2,25,26,28). The van der Waals surface area contributed by atoms with Crippen LogP contribution in [-0.2, 0) is 6.54 Å². The summed E-state index contributed by atoms with van der Waals surface area (Å²) in [5, 5.41) is 5.78. The Morgan fingerprint density at radius 2 is 1.77 bits per heavy atom. The minimum atomic E-state index is -2.93. The summed E-state index contributed by atoms with van der Waals surface area (Å²) in [5.74, 6) is 0.964. The van der Waals surface area contributed by atoms with E-state index in [0.717, 1.165) is 37.4 Å². The molecular weight excluding hydrogens is 408 g/mol. The van der Waals surface area contributed by atoms with Crippen LogP contribution in [0.2, 0.25) is 0 Å². The summed E-state index contributed by atoms with van der Waals surface area (Å²) in [6, 6.07) is 12.3. The van der Waals surface area contributed by atoms with Gasteiger partial charge in [-0.3, -0.25) is 0 Å². The summed E-state index contributed by atoms with van der Waals surface area (Å²) in [6.45, 7) is -0.998. The number of halogens is 2. The fourth-order valence-electron chi connectivity index (χ4n) is 3.51. The largest absolute Gasteiger partial charge is 0.497 e. The number of benzene rings is 2. The van der Waals surface area contributed by atoms with Crippen LogP contribution in [0.15, 0.2) is 42.5 Å². The SMILES string of the molecule is COc1ccc(N2CCC(NC(=O)NCc3ccc(OC(F)F)c(OC)c3)CC2)cc1. The molecule has 2 amide bonds. The number of piperidine rings is 1. The number of hydrogen-bond donors (Lipinski definition) is 2. The van der Waals surface area contributed by atoms with E-state index in [9.17, 15) is 13.6 Å². The molecule has 2 aromatic carbocycles. The first-order valence-corrected chi connectivity index (χ1v) is 10.0. The molecule has 1 heterocycles. The molecule has 2 aromatic rings. The van der Waals surface area contributed by atoms with Crippen LogP contribution in [-0.4, -0.2) is 46.0 Å². The van der Waals surface area contributed by atoms with Crippen LogP contribution in [0.25, 0.3) is 0 Å². The molecule has 0 bridgehead atoms. The van der Waals surface area contributed by atoms with Gasteiger partial charge in [0.1, 0.15) is 5.75 Å². The Labute approximate surface area is 180 Å². The second-order valence-corrected chi connectivity index (χ2v) is 7.15. The highest BCUT2D eigenvalue weighted by atomic mass is 19.3. The molecule has 1 aliphatic heterocycles. The van der Waals surface area contributed by atoms with Gasteiger partial charge in [0.2, 0.25) is 0 Å². The molecule has 1 fully saturated rings. The average Bonchev–Trinajstić information content (AvgIpc) is 2.78. The zero-order chi connectivity index (χ0) is 22.2. The molecule has 0 aliphatic carbocycles. The van der Waals surface area contributed by atoms with Crippen molar-refractivity contribution in [2.45, 2.75) is 32.0 Å². The van der Waals surface area contributed by atoms with Crippen molar-refractivity contribution >= 4 is 11.7 Å². The van der Waals surface area contributed by atoms with Crippen molar-refractivity contribution < 1.29 is 27.8 Å². The maximum Gasteiger partial charge on any atom is 0.387 e. The third kappa shape index (κ3) is 6.37. The van der Waals surface area contributed by atoms with Gasteiger partial charge in [0.05, 0.1) is 14.2 Å². The quantitative estimate of drug-likeness (QED) is 0.661. The topological polar surface area (TPSA) is 72.1 Å². The van der Waals surface area contributed by atoms with Gasteiger partial charge in [-0.15, -0.1) is 0 Å². The molecule has 2 N–H and O–H groups in total. The molecule has 1 aliphatic rings. The van der Waals surface area contributed by atoms with E-state index in [0.29, 0.717) is 5.56 Å². The van der Waals surface area contributed by atoms with Crippen molar-refractivity contribution in [3.05, 3.63) is 48.0 Å². The lowest BCUT2D eigenvalue weighted by Crippen LogP contribution is -2.47. The maximum atomic E-state index is 12.4. The molecule has 7 nitrogen and oxygen atoms in total. The summed E-state index contributed by atoms with van der Waals surface area (Å²) >= 11 is 0. The lowest BCUT2D eigenvalue weighted by molar-refractivity contribution is -0.0512. The Hall–Kier alpha value is -3.23. The van der Waals surface area contributed by atoms with E-state index in [1.165, 1.54) is 13.2 Å². The van der Waals surface area contributed by atoms with Crippen molar-refractivity contribution in [3.8, 4) is 17.2 Å². The molecule has 0 aromatic heterocycles. The number of amides is 2. The summed E-state index contributed by atoms with van der Waals surface area (Å²) in [6.07, 6.45) is 1.68. The first kappa shape index (κ1) is 22.5. The molecule has 168 valence electrons. The molecule has 0 spiro atoms. The third-order valence-corrected chi connectivity index (χ3v) is 5.16. The summed E-state index contributed by atoms with van der Waals surface area (Å²) in [7, 11) is 3.01. The monoisotopic (exact) mass is 435 g/mol. The highest BCUT2D eigenvalue weighted by Gasteiger charge is 2.21. The fraction of sp³-hybridized carbons (Fsp3) is 0.409. The van der Waals surface area contributed by atoms with E-state index in [1.807, 2.05) is 24.3 Å². The highest BCUT2D eigenvalue weighted by molar-refractivity contribution is 5.74. The first-order valence-electron chi connectivity index (χ1n) is 10.0. The van der Waals surface area contributed by atoms with Crippen LogP contribution >= 0.6 is 0 Å². The number of urea groups is 1. The zero-order valence-electron chi connectivity index (χ0n) is 17.6. The minimum Gasteiger partial charge on any atom is -0.497 e. The van der Waals surface area contributed by atoms with Crippen LogP contribution in [0.1, 0.15) is 18.4 Å². The van der Waals surface area contributed by atoms with Crippen molar-refractivity contribution in [3.63, 3.8) is 0 Å². The van der Waals surface area contributed by atoms with E-state index in [-0.39, 0.29) is 30.1 Å². The van der Waals surface area contributed by atoms with Gasteiger partial charge < -0.3 is 29.7 Å². The van der Waals surface area contributed by atoms with Crippen LogP contribution in [0, 0.1) is 0 Å². The normalized spacial score (nSPS) is 14.3. The average molecular weight is 435 g/mol. The van der Waals surface area contributed by atoms with Gasteiger partial charge in [-0.05, 0) is 54.8 Å². The van der Waals surface area contributed by atoms with Crippen LogP contribution < -0.4 is 29.7 Å². The second kappa shape index (κ2) is 10.7. The second-order valence-electron chi connectivity index (χ2n) is 7.15. The molecule has 0 saturated carbocycles. The number of nitrogens with one attached hydrogen (secondary N) is 2. The summed E-state index contributed by atoms with van der Waals surface area (Å²) in [4.78, 5) is 14.6. The van der Waals surface area contributed by atoms with E-state index in [4.69, 9.17) is 9.47 Å². The summed E-state index contributed by atoms with van der Waals surface area (Å²) in [5.41, 5.74) is 1.85. The minimum absolute atomic E-state index is 0.0469. The number of alkyl halides is 2. The lowest BCUT2D eigenvalue weighted by Gasteiger charge is -2.34. The maximum absolute atomic E-state index is 12.4. The van der Waals surface area contributed by atoms with Gasteiger partial charge in [0.15, 0.2) is 11.5 Å². The Bertz CT molecular complexity index is 856. The smallest absolute Gasteiger partial charge is 0.387 e. The zero-order valence-corrected chi connectivity index (χ0v) is 17.6. The van der Waals surface area contributed by atoms with Crippen molar-refractivity contribution in [1.82, 2.24) is 10.6 Å². The number of ether oxygens (including phenoxy) is 3. The highest BCUT2D eigenvalue weighted by Crippen LogP contribution is 2.29.